The van der Waals surface area contributed by atoms with Crippen molar-refractivity contribution in [3.8, 4) is 0 Å². The predicted molar refractivity (Wildman–Crippen MR) is 101 cm³/mol. The van der Waals surface area contributed by atoms with Gasteiger partial charge in [0.15, 0.2) is 5.82 Å². The number of benzene rings is 1. The van der Waals surface area contributed by atoms with E-state index in [2.05, 4.69) is 41.1 Å². The van der Waals surface area contributed by atoms with Gasteiger partial charge in [-0.15, -0.1) is 0 Å². The lowest BCUT2D eigenvalue weighted by atomic mass is 10.0. The molecule has 0 unspecified atom stereocenters. The monoisotopic (exact) mass is 354 g/mol. The number of aromatic amines is 1. The van der Waals surface area contributed by atoms with E-state index in [0.717, 1.165) is 28.6 Å². The summed E-state index contributed by atoms with van der Waals surface area (Å²) in [6, 6.07) is 4.30. The number of nitrogens with zero attached hydrogens (tertiary/aromatic N) is 3. The molecule has 0 spiro atoms. The maximum Gasteiger partial charge on any atom is 0.246 e. The van der Waals surface area contributed by atoms with Crippen molar-refractivity contribution in [1.29, 1.82) is 0 Å². The first-order valence-electron chi connectivity index (χ1n) is 9.10. The van der Waals surface area contributed by atoms with Crippen LogP contribution >= 0.6 is 0 Å². The molecule has 0 aliphatic carbocycles. The Morgan fingerprint density at radius 2 is 2.00 bits per heavy atom. The standard InChI is InChI=1S/C20H26N4O2/c1-6-17-22-18(26-23-17)11-24(7-2)19(25)10-15-14(5)21-20-13(4)8-12(3)9-16(15)20/h8-9,21H,6-7,10-11H2,1-5H3. The molecule has 3 rings (SSSR count). The minimum atomic E-state index is 0.0620. The summed E-state index contributed by atoms with van der Waals surface area (Å²) in [6.45, 7) is 11.1. The number of aromatic nitrogens is 3. The van der Waals surface area contributed by atoms with Gasteiger partial charge in [-0.2, -0.15) is 4.98 Å². The molecule has 0 bridgehead atoms. The largest absolute Gasteiger partial charge is 0.358 e. The third kappa shape index (κ3) is 3.49. The van der Waals surface area contributed by atoms with Gasteiger partial charge in [-0.25, -0.2) is 0 Å². The minimum absolute atomic E-state index is 0.0620. The molecule has 0 atom stereocenters. The number of hydrogen-bond donors (Lipinski definition) is 1. The van der Waals surface area contributed by atoms with Crippen LogP contribution in [-0.2, 0) is 24.2 Å². The Balaban J connectivity index is 1.84. The predicted octanol–water partition coefficient (Wildman–Crippen LogP) is 3.63. The van der Waals surface area contributed by atoms with E-state index in [1.807, 2.05) is 20.8 Å². The average Bonchev–Trinajstić information content (AvgIpc) is 3.18. The highest BCUT2D eigenvalue weighted by molar-refractivity contribution is 5.92. The molecule has 6 nitrogen and oxygen atoms in total. The summed E-state index contributed by atoms with van der Waals surface area (Å²) >= 11 is 0. The van der Waals surface area contributed by atoms with Crippen LogP contribution in [-0.4, -0.2) is 32.5 Å². The van der Waals surface area contributed by atoms with Gasteiger partial charge in [0.2, 0.25) is 11.8 Å². The summed E-state index contributed by atoms with van der Waals surface area (Å²) in [5.74, 6) is 1.22. The summed E-state index contributed by atoms with van der Waals surface area (Å²) in [5, 5.41) is 5.04. The van der Waals surface area contributed by atoms with Crippen LogP contribution < -0.4 is 0 Å². The molecule has 2 heterocycles. The number of amides is 1. The van der Waals surface area contributed by atoms with Crippen molar-refractivity contribution in [1.82, 2.24) is 20.0 Å². The number of hydrogen-bond acceptors (Lipinski definition) is 4. The first-order valence-corrected chi connectivity index (χ1v) is 9.10. The third-order valence-corrected chi connectivity index (χ3v) is 4.79. The second kappa shape index (κ2) is 7.32. The highest BCUT2D eigenvalue weighted by Crippen LogP contribution is 2.27. The SMILES string of the molecule is CCc1noc(CN(CC)C(=O)Cc2c(C)[nH]c3c(C)cc(C)cc23)n1. The minimum Gasteiger partial charge on any atom is -0.358 e. The van der Waals surface area contributed by atoms with Gasteiger partial charge >= 0.3 is 0 Å². The van der Waals surface area contributed by atoms with Gasteiger partial charge in [0.25, 0.3) is 0 Å². The molecule has 138 valence electrons. The van der Waals surface area contributed by atoms with Crippen LogP contribution in [0, 0.1) is 20.8 Å². The fourth-order valence-corrected chi connectivity index (χ4v) is 3.36. The molecule has 3 aromatic rings. The first-order chi connectivity index (χ1) is 12.4. The summed E-state index contributed by atoms with van der Waals surface area (Å²) < 4.78 is 5.24. The van der Waals surface area contributed by atoms with Crippen molar-refractivity contribution in [2.24, 2.45) is 0 Å². The van der Waals surface area contributed by atoms with Gasteiger partial charge in [-0.05, 0) is 44.9 Å². The van der Waals surface area contributed by atoms with E-state index >= 15 is 0 Å². The van der Waals surface area contributed by atoms with E-state index < -0.39 is 0 Å². The van der Waals surface area contributed by atoms with Crippen LogP contribution in [0.3, 0.4) is 0 Å². The lowest BCUT2D eigenvalue weighted by Gasteiger charge is -2.19. The van der Waals surface area contributed by atoms with Gasteiger partial charge in [0, 0.05) is 29.6 Å². The number of H-pyrrole nitrogens is 1. The van der Waals surface area contributed by atoms with E-state index in [9.17, 15) is 4.79 Å². The molecule has 26 heavy (non-hydrogen) atoms. The maximum absolute atomic E-state index is 12.9. The molecule has 0 radical (unpaired) electrons. The van der Waals surface area contributed by atoms with Gasteiger partial charge in [-0.3, -0.25) is 4.79 Å². The first kappa shape index (κ1) is 18.2. The molecule has 0 aliphatic rings. The van der Waals surface area contributed by atoms with Crippen LogP contribution in [0.1, 0.15) is 47.9 Å². The number of rotatable bonds is 6. The van der Waals surface area contributed by atoms with Crippen LogP contribution in [0.15, 0.2) is 16.7 Å². The van der Waals surface area contributed by atoms with E-state index in [-0.39, 0.29) is 5.91 Å². The molecule has 1 amide bonds. The molecule has 2 aromatic heterocycles. The molecule has 1 N–H and O–H groups in total. The molecule has 0 saturated heterocycles. The Hall–Kier alpha value is -2.63. The zero-order valence-corrected chi connectivity index (χ0v) is 16.1. The summed E-state index contributed by atoms with van der Waals surface area (Å²) in [7, 11) is 0. The zero-order valence-electron chi connectivity index (χ0n) is 16.1. The van der Waals surface area contributed by atoms with Crippen LogP contribution in [0.5, 0.6) is 0 Å². The van der Waals surface area contributed by atoms with Crippen LogP contribution in [0.2, 0.25) is 0 Å². The third-order valence-electron chi connectivity index (χ3n) is 4.79. The molecule has 0 aliphatic heterocycles. The second-order valence-electron chi connectivity index (χ2n) is 6.78. The maximum atomic E-state index is 12.9. The van der Waals surface area contributed by atoms with Crippen molar-refractivity contribution < 1.29 is 9.32 Å². The molecule has 1 aromatic carbocycles. The highest BCUT2D eigenvalue weighted by atomic mass is 16.5. The number of aryl methyl sites for hydroxylation is 4. The normalized spacial score (nSPS) is 11.3. The lowest BCUT2D eigenvalue weighted by Crippen LogP contribution is -2.31. The summed E-state index contributed by atoms with van der Waals surface area (Å²) in [5.41, 5.74) is 5.63. The number of carbonyl (C=O) groups excluding carboxylic acids is 1. The highest BCUT2D eigenvalue weighted by Gasteiger charge is 2.20. The Morgan fingerprint density at radius 1 is 1.23 bits per heavy atom. The topological polar surface area (TPSA) is 75.0 Å². The molecule has 6 heteroatoms. The van der Waals surface area contributed by atoms with Crippen molar-refractivity contribution in [3.63, 3.8) is 0 Å². The Bertz CT molecular complexity index is 939. The van der Waals surface area contributed by atoms with Crippen LogP contribution in [0.25, 0.3) is 10.9 Å². The van der Waals surface area contributed by atoms with Crippen molar-refractivity contribution in [3.05, 3.63) is 46.2 Å². The zero-order chi connectivity index (χ0) is 18.8. The van der Waals surface area contributed by atoms with Crippen molar-refractivity contribution in [2.75, 3.05) is 6.54 Å². The molecular formula is C20H26N4O2. The Kier molecular flexibility index (Phi) is 5.11. The number of fused-ring (bicyclic) bond motifs is 1. The Labute approximate surface area is 153 Å². The Morgan fingerprint density at radius 3 is 2.65 bits per heavy atom. The quantitative estimate of drug-likeness (QED) is 0.733. The smallest absolute Gasteiger partial charge is 0.246 e. The number of nitrogens with one attached hydrogen (secondary N) is 1. The van der Waals surface area contributed by atoms with Gasteiger partial charge in [-0.1, -0.05) is 23.7 Å². The van der Waals surface area contributed by atoms with Gasteiger partial charge < -0.3 is 14.4 Å². The lowest BCUT2D eigenvalue weighted by molar-refractivity contribution is -0.131. The van der Waals surface area contributed by atoms with Crippen LogP contribution in [0.4, 0.5) is 0 Å². The molecule has 0 saturated carbocycles. The molecular weight excluding hydrogens is 328 g/mol. The fourth-order valence-electron chi connectivity index (χ4n) is 3.36. The number of carbonyl (C=O) groups is 1. The van der Waals surface area contributed by atoms with E-state index in [1.54, 1.807) is 4.90 Å². The fraction of sp³-hybridized carbons (Fsp3) is 0.450. The van der Waals surface area contributed by atoms with E-state index in [4.69, 9.17) is 4.52 Å². The molecule has 0 fully saturated rings. The average molecular weight is 354 g/mol. The summed E-state index contributed by atoms with van der Waals surface area (Å²) in [6.07, 6.45) is 1.08. The van der Waals surface area contributed by atoms with Crippen molar-refractivity contribution >= 4 is 16.8 Å². The number of likely N-dealkylation sites (N-methyl/N-ethyl adjacent to an activating group) is 1. The van der Waals surface area contributed by atoms with Crippen molar-refractivity contribution in [2.45, 2.75) is 54.0 Å². The summed E-state index contributed by atoms with van der Waals surface area (Å²) in [4.78, 5) is 22.4. The second-order valence-corrected chi connectivity index (χ2v) is 6.78. The van der Waals surface area contributed by atoms with Gasteiger partial charge in [0.1, 0.15) is 0 Å². The van der Waals surface area contributed by atoms with E-state index in [1.165, 1.54) is 11.1 Å². The van der Waals surface area contributed by atoms with Gasteiger partial charge in [0.05, 0.1) is 13.0 Å². The van der Waals surface area contributed by atoms with E-state index in [0.29, 0.717) is 31.2 Å².